The Kier molecular flexibility index (Phi) is 4.14. The predicted octanol–water partition coefficient (Wildman–Crippen LogP) is 3.70. The second-order valence-electron chi connectivity index (χ2n) is 4.55. The van der Waals surface area contributed by atoms with Crippen LogP contribution in [-0.2, 0) is 13.1 Å². The van der Waals surface area contributed by atoms with Crippen molar-refractivity contribution in [3.63, 3.8) is 0 Å². The van der Waals surface area contributed by atoms with E-state index in [0.717, 1.165) is 29.6 Å². The highest BCUT2D eigenvalue weighted by Crippen LogP contribution is 2.23. The fraction of sp³-hybridized carbons (Fsp3) is 0.429. The molecule has 2 rings (SSSR count). The summed E-state index contributed by atoms with van der Waals surface area (Å²) in [6.45, 7) is 3.59. The van der Waals surface area contributed by atoms with E-state index in [-0.39, 0.29) is 6.54 Å². The van der Waals surface area contributed by atoms with E-state index in [1.54, 1.807) is 10.8 Å². The smallest absolute Gasteiger partial charge is 0.347 e. The zero-order valence-electron chi connectivity index (χ0n) is 10.8. The Morgan fingerprint density at radius 3 is 2.68 bits per heavy atom. The molecule has 0 radical (unpaired) electrons. The van der Waals surface area contributed by atoms with Crippen molar-refractivity contribution in [1.29, 1.82) is 0 Å². The first-order valence-electron chi connectivity index (χ1n) is 6.35. The summed E-state index contributed by atoms with van der Waals surface area (Å²) in [5.74, 6) is 0. The van der Waals surface area contributed by atoms with Gasteiger partial charge in [0.05, 0.1) is 6.42 Å². The van der Waals surface area contributed by atoms with Gasteiger partial charge in [-0.2, -0.15) is 13.2 Å². The van der Waals surface area contributed by atoms with Gasteiger partial charge in [-0.05, 0) is 29.6 Å². The van der Waals surface area contributed by atoms with Crippen LogP contribution >= 0.6 is 0 Å². The maximum absolute atomic E-state index is 12.3. The summed E-state index contributed by atoms with van der Waals surface area (Å²) < 4.78 is 38.5. The van der Waals surface area contributed by atoms with Crippen LogP contribution < -0.4 is 5.32 Å². The minimum atomic E-state index is -4.11. The number of aryl methyl sites for hydroxylation is 1. The van der Waals surface area contributed by atoms with Crippen LogP contribution in [0.5, 0.6) is 0 Å². The Morgan fingerprint density at radius 2 is 2.00 bits per heavy atom. The number of hydrogen-bond acceptors (Lipinski definition) is 1. The first-order valence-corrected chi connectivity index (χ1v) is 6.35. The number of alkyl halides is 3. The normalized spacial score (nSPS) is 12.2. The summed E-state index contributed by atoms with van der Waals surface area (Å²) in [5.41, 5.74) is 1.95. The molecule has 5 heteroatoms. The maximum Gasteiger partial charge on any atom is 0.390 e. The highest BCUT2D eigenvalue weighted by atomic mass is 19.4. The molecule has 0 atom stereocenters. The van der Waals surface area contributed by atoms with Crippen LogP contribution in [0.4, 0.5) is 13.2 Å². The highest BCUT2D eigenvalue weighted by molar-refractivity contribution is 5.80. The van der Waals surface area contributed by atoms with Gasteiger partial charge in [-0.1, -0.05) is 19.1 Å². The Morgan fingerprint density at radius 1 is 1.21 bits per heavy atom. The molecule has 1 N–H and O–H groups in total. The quantitative estimate of drug-likeness (QED) is 0.876. The van der Waals surface area contributed by atoms with Gasteiger partial charge >= 0.3 is 6.18 Å². The van der Waals surface area contributed by atoms with Crippen molar-refractivity contribution in [2.45, 2.75) is 32.6 Å². The molecule has 1 heterocycles. The van der Waals surface area contributed by atoms with Gasteiger partial charge in [-0.15, -0.1) is 0 Å². The molecular weight excluding hydrogens is 253 g/mol. The van der Waals surface area contributed by atoms with Crippen molar-refractivity contribution < 1.29 is 13.2 Å². The number of nitrogens with zero attached hydrogens (tertiary/aromatic N) is 1. The molecule has 0 bridgehead atoms. The van der Waals surface area contributed by atoms with Gasteiger partial charge in [-0.3, -0.25) is 0 Å². The summed E-state index contributed by atoms with van der Waals surface area (Å²) in [4.78, 5) is 0. The first-order chi connectivity index (χ1) is 8.99. The molecular formula is C14H17F3N2. The minimum Gasteiger partial charge on any atom is -0.347 e. The Bertz CT molecular complexity index is 543. The highest BCUT2D eigenvalue weighted by Gasteiger charge is 2.26. The van der Waals surface area contributed by atoms with Crippen LogP contribution in [-0.4, -0.2) is 17.3 Å². The molecule has 0 saturated carbocycles. The minimum absolute atomic E-state index is 0.0301. The number of rotatable bonds is 5. The molecule has 0 spiro atoms. The third-order valence-corrected chi connectivity index (χ3v) is 3.05. The van der Waals surface area contributed by atoms with E-state index >= 15 is 0 Å². The summed E-state index contributed by atoms with van der Waals surface area (Å²) in [5, 5.41) is 4.18. The summed E-state index contributed by atoms with van der Waals surface area (Å²) in [6.07, 6.45) is -3.19. The standard InChI is InChI=1S/C14H17F3N2/c1-2-18-10-11-3-4-12-5-7-19(13(12)9-11)8-6-14(15,16)17/h3-5,7,9,18H,2,6,8,10H2,1H3. The zero-order chi connectivity index (χ0) is 13.9. The predicted molar refractivity (Wildman–Crippen MR) is 70.0 cm³/mol. The second-order valence-corrected chi connectivity index (χ2v) is 4.55. The van der Waals surface area contributed by atoms with Crippen LogP contribution in [0.1, 0.15) is 18.9 Å². The fourth-order valence-electron chi connectivity index (χ4n) is 2.05. The number of benzene rings is 1. The van der Waals surface area contributed by atoms with E-state index in [9.17, 15) is 13.2 Å². The van der Waals surface area contributed by atoms with E-state index < -0.39 is 12.6 Å². The van der Waals surface area contributed by atoms with Crippen molar-refractivity contribution in [2.75, 3.05) is 6.54 Å². The van der Waals surface area contributed by atoms with Gasteiger partial charge in [0.25, 0.3) is 0 Å². The topological polar surface area (TPSA) is 17.0 Å². The lowest BCUT2D eigenvalue weighted by Gasteiger charge is -2.09. The zero-order valence-corrected chi connectivity index (χ0v) is 10.8. The second kappa shape index (κ2) is 5.65. The maximum atomic E-state index is 12.3. The van der Waals surface area contributed by atoms with Crippen molar-refractivity contribution in [2.24, 2.45) is 0 Å². The Hall–Kier alpha value is -1.49. The van der Waals surface area contributed by atoms with Crippen molar-refractivity contribution in [1.82, 2.24) is 9.88 Å². The molecule has 1 aromatic carbocycles. The van der Waals surface area contributed by atoms with E-state index in [0.29, 0.717) is 0 Å². The molecule has 1 aromatic heterocycles. The van der Waals surface area contributed by atoms with E-state index in [2.05, 4.69) is 5.32 Å². The van der Waals surface area contributed by atoms with Gasteiger partial charge in [0.2, 0.25) is 0 Å². The molecule has 2 nitrogen and oxygen atoms in total. The summed E-state index contributed by atoms with van der Waals surface area (Å²) in [7, 11) is 0. The fourth-order valence-corrected chi connectivity index (χ4v) is 2.05. The molecule has 2 aromatic rings. The van der Waals surface area contributed by atoms with Crippen LogP contribution in [0.3, 0.4) is 0 Å². The molecule has 19 heavy (non-hydrogen) atoms. The summed E-state index contributed by atoms with van der Waals surface area (Å²) in [6, 6.07) is 7.75. The van der Waals surface area contributed by atoms with Crippen LogP contribution in [0.2, 0.25) is 0 Å². The van der Waals surface area contributed by atoms with Gasteiger partial charge in [0.15, 0.2) is 0 Å². The van der Waals surface area contributed by atoms with Gasteiger partial charge in [0.1, 0.15) is 0 Å². The molecule has 0 saturated heterocycles. The van der Waals surface area contributed by atoms with E-state index in [1.165, 1.54) is 0 Å². The molecule has 0 aliphatic carbocycles. The average molecular weight is 270 g/mol. The van der Waals surface area contributed by atoms with Crippen LogP contribution in [0.15, 0.2) is 30.5 Å². The SMILES string of the molecule is CCNCc1ccc2ccn(CCC(F)(F)F)c2c1. The Labute approximate surface area is 110 Å². The van der Waals surface area contributed by atoms with Crippen molar-refractivity contribution in [3.8, 4) is 0 Å². The third-order valence-electron chi connectivity index (χ3n) is 3.05. The monoisotopic (exact) mass is 270 g/mol. The van der Waals surface area contributed by atoms with Crippen molar-refractivity contribution in [3.05, 3.63) is 36.0 Å². The first kappa shape index (κ1) is 13.9. The third kappa shape index (κ3) is 3.73. The molecule has 0 aliphatic rings. The lowest BCUT2D eigenvalue weighted by Crippen LogP contribution is -2.12. The molecule has 0 aliphatic heterocycles. The number of aromatic nitrogens is 1. The van der Waals surface area contributed by atoms with Gasteiger partial charge in [0, 0.05) is 24.8 Å². The lowest BCUT2D eigenvalue weighted by molar-refractivity contribution is -0.136. The van der Waals surface area contributed by atoms with E-state index in [1.807, 2.05) is 31.2 Å². The number of hydrogen-bond donors (Lipinski definition) is 1. The van der Waals surface area contributed by atoms with Crippen LogP contribution in [0.25, 0.3) is 10.9 Å². The summed E-state index contributed by atoms with van der Waals surface area (Å²) >= 11 is 0. The molecule has 0 amide bonds. The average Bonchev–Trinajstić information content (AvgIpc) is 2.75. The lowest BCUT2D eigenvalue weighted by atomic mass is 10.1. The largest absolute Gasteiger partial charge is 0.390 e. The van der Waals surface area contributed by atoms with Crippen LogP contribution in [0, 0.1) is 0 Å². The molecule has 0 fully saturated rings. The number of fused-ring (bicyclic) bond motifs is 1. The molecule has 0 unspecified atom stereocenters. The van der Waals surface area contributed by atoms with Crippen molar-refractivity contribution >= 4 is 10.9 Å². The van der Waals surface area contributed by atoms with E-state index in [4.69, 9.17) is 0 Å². The number of halogens is 3. The molecule has 104 valence electrons. The van der Waals surface area contributed by atoms with Gasteiger partial charge < -0.3 is 9.88 Å². The number of nitrogens with one attached hydrogen (secondary N) is 1. The Balaban J connectivity index is 2.19. The van der Waals surface area contributed by atoms with Gasteiger partial charge in [-0.25, -0.2) is 0 Å².